The molecule has 1 aliphatic carbocycles. The number of hydrogen-bond donors (Lipinski definition) is 0. The van der Waals surface area contributed by atoms with Crippen molar-refractivity contribution in [1.29, 1.82) is 5.26 Å². The second kappa shape index (κ2) is 9.34. The minimum Gasteiger partial charge on any atom is -0.297 e. The summed E-state index contributed by atoms with van der Waals surface area (Å²) in [6.45, 7) is 6.27. The molecular formula is C25H31FN2. The van der Waals surface area contributed by atoms with E-state index >= 15 is 0 Å². The van der Waals surface area contributed by atoms with Crippen molar-refractivity contribution < 1.29 is 4.39 Å². The molecule has 0 bridgehead atoms. The first-order valence-corrected chi connectivity index (χ1v) is 10.5. The van der Waals surface area contributed by atoms with Crippen LogP contribution in [0.25, 0.3) is 0 Å². The molecule has 28 heavy (non-hydrogen) atoms. The van der Waals surface area contributed by atoms with Gasteiger partial charge in [0.15, 0.2) is 0 Å². The average Bonchev–Trinajstić information content (AvgIpc) is 2.69. The Labute approximate surface area is 169 Å². The van der Waals surface area contributed by atoms with Gasteiger partial charge in [-0.15, -0.1) is 0 Å². The van der Waals surface area contributed by atoms with Crippen LogP contribution in [0.2, 0.25) is 0 Å². The summed E-state index contributed by atoms with van der Waals surface area (Å²) in [4.78, 5) is 2.44. The standard InChI is InChI=1S/C25H31FN2/c1-3-28(18-21-10-5-4-6-11-21)20(2)16-17-25(19-27,22-12-9-13-22)23-14-7-8-15-24(23)26/h4-8,10-11,14-15,20,22H,3,9,12-13,16-18H2,1-2H3. The van der Waals surface area contributed by atoms with Crippen molar-refractivity contribution in [1.82, 2.24) is 4.90 Å². The molecule has 1 fully saturated rings. The van der Waals surface area contributed by atoms with Crippen LogP contribution in [0, 0.1) is 23.1 Å². The van der Waals surface area contributed by atoms with Crippen LogP contribution < -0.4 is 0 Å². The van der Waals surface area contributed by atoms with Crippen molar-refractivity contribution in [2.45, 2.75) is 64.0 Å². The first kappa shape index (κ1) is 20.6. The second-order valence-corrected chi connectivity index (χ2v) is 8.13. The third-order valence-electron chi connectivity index (χ3n) is 6.57. The predicted octanol–water partition coefficient (Wildman–Crippen LogP) is 6.08. The van der Waals surface area contributed by atoms with Crippen LogP contribution in [0.15, 0.2) is 54.6 Å². The minimum absolute atomic E-state index is 0.236. The zero-order valence-electron chi connectivity index (χ0n) is 17.1. The van der Waals surface area contributed by atoms with Gasteiger partial charge in [-0.2, -0.15) is 5.26 Å². The molecule has 2 aromatic rings. The lowest BCUT2D eigenvalue weighted by molar-refractivity contribution is 0.155. The molecule has 2 aromatic carbocycles. The summed E-state index contributed by atoms with van der Waals surface area (Å²) < 4.78 is 14.7. The minimum atomic E-state index is -0.704. The number of benzene rings is 2. The van der Waals surface area contributed by atoms with E-state index in [1.165, 1.54) is 11.6 Å². The van der Waals surface area contributed by atoms with E-state index in [-0.39, 0.29) is 11.7 Å². The van der Waals surface area contributed by atoms with Gasteiger partial charge in [0.25, 0.3) is 0 Å². The normalized spacial score (nSPS) is 17.5. The zero-order valence-corrected chi connectivity index (χ0v) is 17.1. The van der Waals surface area contributed by atoms with E-state index in [9.17, 15) is 9.65 Å². The molecule has 2 atom stereocenters. The monoisotopic (exact) mass is 378 g/mol. The third kappa shape index (κ3) is 4.28. The molecule has 0 aromatic heterocycles. The lowest BCUT2D eigenvalue weighted by atomic mass is 9.60. The van der Waals surface area contributed by atoms with Gasteiger partial charge in [0.05, 0.1) is 11.5 Å². The summed E-state index contributed by atoms with van der Waals surface area (Å²) in [5.74, 6) is 0.0334. The third-order valence-corrected chi connectivity index (χ3v) is 6.57. The molecule has 2 unspecified atom stereocenters. The fraction of sp³-hybridized carbons (Fsp3) is 0.480. The van der Waals surface area contributed by atoms with Gasteiger partial charge in [-0.25, -0.2) is 4.39 Å². The molecule has 0 N–H and O–H groups in total. The van der Waals surface area contributed by atoms with Gasteiger partial charge in [0, 0.05) is 18.2 Å². The lowest BCUT2D eigenvalue weighted by Gasteiger charge is -2.42. The number of nitriles is 1. The Kier molecular flexibility index (Phi) is 6.86. The first-order valence-electron chi connectivity index (χ1n) is 10.5. The Hall–Kier alpha value is -2.18. The molecule has 1 saturated carbocycles. The zero-order chi connectivity index (χ0) is 20.0. The molecule has 0 amide bonds. The highest BCUT2D eigenvalue weighted by atomic mass is 19.1. The molecule has 3 rings (SSSR count). The van der Waals surface area contributed by atoms with Gasteiger partial charge in [-0.3, -0.25) is 4.90 Å². The van der Waals surface area contributed by atoms with Gasteiger partial charge in [0.1, 0.15) is 5.82 Å². The molecule has 0 aliphatic heterocycles. The molecular weight excluding hydrogens is 347 g/mol. The summed E-state index contributed by atoms with van der Waals surface area (Å²) in [7, 11) is 0. The summed E-state index contributed by atoms with van der Waals surface area (Å²) >= 11 is 0. The molecule has 0 spiro atoms. The number of rotatable bonds is 9. The van der Waals surface area contributed by atoms with E-state index < -0.39 is 5.41 Å². The SMILES string of the molecule is CCN(Cc1ccccc1)C(C)CCC(C#N)(c1ccccc1F)C1CCC1. The quantitative estimate of drug-likeness (QED) is 0.529. The summed E-state index contributed by atoms with van der Waals surface area (Å²) in [5.41, 5.74) is 1.20. The smallest absolute Gasteiger partial charge is 0.128 e. The topological polar surface area (TPSA) is 27.0 Å². The predicted molar refractivity (Wildman–Crippen MR) is 112 cm³/mol. The Morgan fingerprint density at radius 3 is 2.39 bits per heavy atom. The van der Waals surface area contributed by atoms with Crippen LogP contribution in [0.3, 0.4) is 0 Å². The van der Waals surface area contributed by atoms with Crippen LogP contribution in [0.5, 0.6) is 0 Å². The van der Waals surface area contributed by atoms with Crippen molar-refractivity contribution >= 4 is 0 Å². The van der Waals surface area contributed by atoms with Gasteiger partial charge in [-0.05, 0) is 56.7 Å². The number of halogens is 1. The van der Waals surface area contributed by atoms with Crippen LogP contribution in [0.4, 0.5) is 4.39 Å². The largest absolute Gasteiger partial charge is 0.297 e. The maximum atomic E-state index is 14.7. The number of hydrogen-bond acceptors (Lipinski definition) is 2. The highest BCUT2D eigenvalue weighted by Crippen LogP contribution is 2.47. The van der Waals surface area contributed by atoms with Crippen LogP contribution in [0.1, 0.15) is 57.1 Å². The number of nitrogens with zero attached hydrogens (tertiary/aromatic N) is 2. The Morgan fingerprint density at radius 1 is 1.14 bits per heavy atom. The molecule has 0 radical (unpaired) electrons. The molecule has 2 nitrogen and oxygen atoms in total. The Balaban J connectivity index is 1.76. The molecule has 0 saturated heterocycles. The first-order chi connectivity index (χ1) is 13.6. The lowest BCUT2D eigenvalue weighted by Crippen LogP contribution is -2.41. The highest BCUT2D eigenvalue weighted by Gasteiger charge is 2.45. The highest BCUT2D eigenvalue weighted by molar-refractivity contribution is 5.35. The van der Waals surface area contributed by atoms with Crippen LogP contribution in [-0.4, -0.2) is 17.5 Å². The van der Waals surface area contributed by atoms with Crippen molar-refractivity contribution in [3.63, 3.8) is 0 Å². The molecule has 148 valence electrons. The summed E-state index contributed by atoms with van der Waals surface area (Å²) in [5, 5.41) is 10.2. The molecule has 3 heteroatoms. The van der Waals surface area contributed by atoms with Gasteiger partial charge in [0.2, 0.25) is 0 Å². The fourth-order valence-corrected chi connectivity index (χ4v) is 4.51. The summed E-state index contributed by atoms with van der Waals surface area (Å²) in [6, 6.07) is 20.3. The molecule has 1 aliphatic rings. The Bertz CT molecular complexity index is 794. The van der Waals surface area contributed by atoms with E-state index in [0.29, 0.717) is 18.0 Å². The van der Waals surface area contributed by atoms with Gasteiger partial charge < -0.3 is 0 Å². The summed E-state index contributed by atoms with van der Waals surface area (Å²) in [6.07, 6.45) is 4.80. The van der Waals surface area contributed by atoms with E-state index in [0.717, 1.165) is 38.8 Å². The van der Waals surface area contributed by atoms with Crippen molar-refractivity contribution in [3.8, 4) is 6.07 Å². The molecule has 0 heterocycles. The average molecular weight is 379 g/mol. The van der Waals surface area contributed by atoms with E-state index in [1.807, 2.05) is 18.2 Å². The van der Waals surface area contributed by atoms with E-state index in [2.05, 4.69) is 49.1 Å². The van der Waals surface area contributed by atoms with Crippen LogP contribution >= 0.6 is 0 Å². The maximum absolute atomic E-state index is 14.7. The van der Waals surface area contributed by atoms with E-state index in [1.54, 1.807) is 6.07 Å². The second-order valence-electron chi connectivity index (χ2n) is 8.13. The van der Waals surface area contributed by atoms with E-state index in [4.69, 9.17) is 0 Å². The van der Waals surface area contributed by atoms with Crippen molar-refractivity contribution in [2.24, 2.45) is 5.92 Å². The maximum Gasteiger partial charge on any atom is 0.128 e. The fourth-order valence-electron chi connectivity index (χ4n) is 4.51. The van der Waals surface area contributed by atoms with Crippen molar-refractivity contribution in [3.05, 3.63) is 71.5 Å². The van der Waals surface area contributed by atoms with Crippen molar-refractivity contribution in [2.75, 3.05) is 6.54 Å². The van der Waals surface area contributed by atoms with Gasteiger partial charge in [-0.1, -0.05) is 61.9 Å². The van der Waals surface area contributed by atoms with Gasteiger partial charge >= 0.3 is 0 Å². The van der Waals surface area contributed by atoms with Crippen LogP contribution in [-0.2, 0) is 12.0 Å². The Morgan fingerprint density at radius 2 is 1.82 bits per heavy atom.